The predicted octanol–water partition coefficient (Wildman–Crippen LogP) is 4.64. The highest BCUT2D eigenvalue weighted by Gasteiger charge is 2.50. The van der Waals surface area contributed by atoms with Crippen molar-refractivity contribution in [3.05, 3.63) is 95.1 Å². The smallest absolute Gasteiger partial charge is 0.217 e. The van der Waals surface area contributed by atoms with E-state index in [1.807, 2.05) is 18.2 Å². The Bertz CT molecular complexity index is 1240. The Morgan fingerprint density at radius 1 is 0.833 bits per heavy atom. The summed E-state index contributed by atoms with van der Waals surface area (Å²) in [4.78, 5) is 2.18. The number of aryl methyl sites for hydroxylation is 2. The fourth-order valence-electron chi connectivity index (χ4n) is 5.62. The Labute approximate surface area is 209 Å². The van der Waals surface area contributed by atoms with Crippen molar-refractivity contribution in [1.29, 1.82) is 0 Å². The average Bonchev–Trinajstić information content (AvgIpc) is 2.88. The van der Waals surface area contributed by atoms with Crippen molar-refractivity contribution in [2.45, 2.75) is 56.3 Å². The largest absolute Gasteiger partial charge is 0.487 e. The molecule has 3 aliphatic heterocycles. The molecule has 0 saturated carbocycles. The lowest BCUT2D eigenvalue weighted by atomic mass is 9.93. The fourth-order valence-corrected chi connectivity index (χ4v) is 5.62. The third-order valence-corrected chi connectivity index (χ3v) is 7.38. The first-order chi connectivity index (χ1) is 17.4. The van der Waals surface area contributed by atoms with Crippen molar-refractivity contribution >= 4 is 0 Å². The summed E-state index contributed by atoms with van der Waals surface area (Å²) >= 11 is 0. The molecule has 3 heterocycles. The molecule has 3 aliphatic rings. The van der Waals surface area contributed by atoms with E-state index in [0.29, 0.717) is 50.3 Å². The van der Waals surface area contributed by atoms with Gasteiger partial charge in [-0.05, 0) is 78.8 Å². The molecule has 36 heavy (non-hydrogen) atoms. The highest BCUT2D eigenvalue weighted by Crippen LogP contribution is 2.38. The van der Waals surface area contributed by atoms with Crippen LogP contribution in [0.3, 0.4) is 0 Å². The van der Waals surface area contributed by atoms with Crippen molar-refractivity contribution in [2.75, 3.05) is 13.1 Å². The van der Waals surface area contributed by atoms with Gasteiger partial charge in [-0.25, -0.2) is 8.78 Å². The van der Waals surface area contributed by atoms with Crippen molar-refractivity contribution < 1.29 is 28.1 Å². The Kier molecular flexibility index (Phi) is 6.15. The van der Waals surface area contributed by atoms with Gasteiger partial charge in [0, 0.05) is 13.1 Å². The zero-order valence-electron chi connectivity index (χ0n) is 19.9. The third-order valence-electron chi connectivity index (χ3n) is 7.38. The number of morpholine rings is 1. The van der Waals surface area contributed by atoms with E-state index in [9.17, 15) is 13.9 Å². The lowest BCUT2D eigenvalue weighted by molar-refractivity contribution is -0.315. The third kappa shape index (κ3) is 4.71. The quantitative estimate of drug-likeness (QED) is 0.574. The van der Waals surface area contributed by atoms with Crippen molar-refractivity contribution in [3.63, 3.8) is 0 Å². The van der Waals surface area contributed by atoms with Gasteiger partial charge in [0.15, 0.2) is 6.10 Å². The molecule has 0 spiro atoms. The van der Waals surface area contributed by atoms with Gasteiger partial charge in [-0.1, -0.05) is 30.3 Å². The highest BCUT2D eigenvalue weighted by atomic mass is 19.1. The number of rotatable bonds is 4. The fraction of sp³-hybridized carbons (Fsp3) is 0.379. The molecule has 0 bridgehead atoms. The standard InChI is InChI=1S/C29H29F2NO4/c30-22-8-11-24-20(14-22)6-10-26(34-24)27-17-32(16-19-4-2-1-3-5-19)18-29(33,36-27)28-13-7-21-15-23(31)9-12-25(21)35-28/h1-5,8-9,11-12,14-15,26-28,33H,6-7,10,13,16-18H2. The van der Waals surface area contributed by atoms with E-state index in [4.69, 9.17) is 14.2 Å². The number of fused-ring (bicyclic) bond motifs is 2. The summed E-state index contributed by atoms with van der Waals surface area (Å²) in [6.07, 6.45) is 1.11. The summed E-state index contributed by atoms with van der Waals surface area (Å²) in [5, 5.41) is 11.9. The van der Waals surface area contributed by atoms with Gasteiger partial charge in [0.2, 0.25) is 5.79 Å². The summed E-state index contributed by atoms with van der Waals surface area (Å²) in [7, 11) is 0. The second-order valence-corrected chi connectivity index (χ2v) is 10.0. The molecule has 6 rings (SSSR count). The van der Waals surface area contributed by atoms with E-state index in [-0.39, 0.29) is 24.3 Å². The summed E-state index contributed by atoms with van der Waals surface area (Å²) in [5.74, 6) is -0.915. The molecule has 5 nitrogen and oxygen atoms in total. The van der Waals surface area contributed by atoms with Crippen LogP contribution in [0, 0.1) is 11.6 Å². The topological polar surface area (TPSA) is 51.2 Å². The molecule has 188 valence electrons. The van der Waals surface area contributed by atoms with Crippen molar-refractivity contribution in [3.8, 4) is 11.5 Å². The SMILES string of the molecule is OC1(C2CCc3cc(F)ccc3O2)CN(Cc2ccccc2)CC(C2CCc3cc(F)ccc3O2)O1. The number of hydrogen-bond acceptors (Lipinski definition) is 5. The lowest BCUT2D eigenvalue weighted by Crippen LogP contribution is -2.65. The van der Waals surface area contributed by atoms with Gasteiger partial charge in [0.05, 0.1) is 6.54 Å². The van der Waals surface area contributed by atoms with Crippen LogP contribution in [-0.2, 0) is 24.1 Å². The van der Waals surface area contributed by atoms with Crippen molar-refractivity contribution in [1.82, 2.24) is 4.90 Å². The van der Waals surface area contributed by atoms with Gasteiger partial charge in [0.25, 0.3) is 0 Å². The molecule has 1 fully saturated rings. The predicted molar refractivity (Wildman–Crippen MR) is 130 cm³/mol. The Hall–Kier alpha value is -3.00. The van der Waals surface area contributed by atoms with Gasteiger partial charge < -0.3 is 19.3 Å². The molecule has 1 N–H and O–H groups in total. The molecule has 0 aromatic heterocycles. The minimum atomic E-state index is -1.57. The van der Waals surface area contributed by atoms with E-state index >= 15 is 0 Å². The molecule has 3 aromatic carbocycles. The number of nitrogens with zero attached hydrogens (tertiary/aromatic N) is 1. The first-order valence-electron chi connectivity index (χ1n) is 12.5. The summed E-state index contributed by atoms with van der Waals surface area (Å²) in [5.41, 5.74) is 2.77. The summed E-state index contributed by atoms with van der Waals surface area (Å²) < 4.78 is 46.2. The summed E-state index contributed by atoms with van der Waals surface area (Å²) in [6, 6.07) is 19.1. The molecule has 4 unspecified atom stereocenters. The first kappa shape index (κ1) is 23.4. The number of halogens is 2. The van der Waals surface area contributed by atoms with E-state index in [2.05, 4.69) is 17.0 Å². The maximum absolute atomic E-state index is 13.7. The minimum Gasteiger partial charge on any atom is -0.487 e. The van der Waals surface area contributed by atoms with Gasteiger partial charge in [-0.2, -0.15) is 0 Å². The highest BCUT2D eigenvalue weighted by molar-refractivity contribution is 5.37. The molecule has 4 atom stereocenters. The Morgan fingerprint density at radius 3 is 2.22 bits per heavy atom. The van der Waals surface area contributed by atoms with Crippen molar-refractivity contribution in [2.24, 2.45) is 0 Å². The number of hydrogen-bond donors (Lipinski definition) is 1. The van der Waals surface area contributed by atoms with Crippen LogP contribution in [0.5, 0.6) is 11.5 Å². The van der Waals surface area contributed by atoms with E-state index in [1.165, 1.54) is 24.3 Å². The minimum absolute atomic E-state index is 0.272. The maximum Gasteiger partial charge on any atom is 0.217 e. The summed E-state index contributed by atoms with van der Waals surface area (Å²) in [6.45, 7) is 1.49. The van der Waals surface area contributed by atoms with Crippen LogP contribution >= 0.6 is 0 Å². The number of ether oxygens (including phenoxy) is 3. The average molecular weight is 494 g/mol. The Morgan fingerprint density at radius 2 is 1.50 bits per heavy atom. The molecule has 0 amide bonds. The normalized spacial score (nSPS) is 27.9. The van der Waals surface area contributed by atoms with Crippen LogP contribution in [0.1, 0.15) is 29.5 Å². The zero-order valence-corrected chi connectivity index (χ0v) is 19.9. The molecule has 1 saturated heterocycles. The van der Waals surface area contributed by atoms with E-state index in [1.54, 1.807) is 12.1 Å². The number of β-amino-alcohol motifs (C(OH)–C–C–N with tert-alkyl or cyclic N) is 1. The van der Waals surface area contributed by atoms with E-state index in [0.717, 1.165) is 16.7 Å². The van der Waals surface area contributed by atoms with Gasteiger partial charge in [-0.3, -0.25) is 4.90 Å². The number of aliphatic hydroxyl groups is 1. The molecule has 0 radical (unpaired) electrons. The van der Waals surface area contributed by atoms with Gasteiger partial charge >= 0.3 is 0 Å². The molecular formula is C29H29F2NO4. The molecule has 7 heteroatoms. The molecule has 3 aromatic rings. The monoisotopic (exact) mass is 493 g/mol. The van der Waals surface area contributed by atoms with Crippen LogP contribution in [-0.4, -0.2) is 47.2 Å². The lowest BCUT2D eigenvalue weighted by Gasteiger charge is -2.49. The van der Waals surface area contributed by atoms with Crippen LogP contribution < -0.4 is 9.47 Å². The molecule has 0 aliphatic carbocycles. The van der Waals surface area contributed by atoms with Crippen LogP contribution in [0.4, 0.5) is 8.78 Å². The molecular weight excluding hydrogens is 464 g/mol. The van der Waals surface area contributed by atoms with Crippen LogP contribution in [0.2, 0.25) is 0 Å². The second-order valence-electron chi connectivity index (χ2n) is 10.0. The number of benzene rings is 3. The maximum atomic E-state index is 13.7. The van der Waals surface area contributed by atoms with Gasteiger partial charge in [-0.15, -0.1) is 0 Å². The zero-order chi connectivity index (χ0) is 24.7. The van der Waals surface area contributed by atoms with E-state index < -0.39 is 18.0 Å². The van der Waals surface area contributed by atoms with Crippen LogP contribution in [0.15, 0.2) is 66.7 Å². The van der Waals surface area contributed by atoms with Crippen LogP contribution in [0.25, 0.3) is 0 Å². The first-order valence-corrected chi connectivity index (χ1v) is 12.5. The Balaban J connectivity index is 1.26. The van der Waals surface area contributed by atoms with Gasteiger partial charge in [0.1, 0.15) is 35.3 Å². The second kappa shape index (κ2) is 9.47.